The Balaban J connectivity index is 1.70. The maximum atomic E-state index is 11.9. The smallest absolute Gasteiger partial charge is 0.315 e. The lowest BCUT2D eigenvalue weighted by Gasteiger charge is -2.21. The van der Waals surface area contributed by atoms with Crippen molar-refractivity contribution in [2.24, 2.45) is 0 Å². The number of hydrogen-bond donors (Lipinski definition) is 2. The third-order valence-corrected chi connectivity index (χ3v) is 5.18. The largest absolute Gasteiger partial charge is 0.335 e. The summed E-state index contributed by atoms with van der Waals surface area (Å²) in [6, 6.07) is 2.37. The number of hydrogen-bond acceptors (Lipinski definition) is 2. The highest BCUT2D eigenvalue weighted by Crippen LogP contribution is 2.19. The van der Waals surface area contributed by atoms with Crippen LogP contribution in [-0.4, -0.2) is 12.1 Å². The molecule has 0 radical (unpaired) electrons. The van der Waals surface area contributed by atoms with Gasteiger partial charge in [-0.2, -0.15) is 0 Å². The molecule has 1 aliphatic rings. The molecule has 106 valence electrons. The van der Waals surface area contributed by atoms with Crippen molar-refractivity contribution in [3.05, 3.63) is 20.8 Å². The summed E-state index contributed by atoms with van der Waals surface area (Å²) in [6.07, 6.45) is 8.69. The molecule has 1 saturated carbocycles. The van der Waals surface area contributed by atoms with E-state index in [2.05, 4.69) is 26.6 Å². The van der Waals surface area contributed by atoms with E-state index in [-0.39, 0.29) is 6.03 Å². The molecule has 2 rings (SSSR count). The molecule has 0 bridgehead atoms. The molecule has 19 heavy (non-hydrogen) atoms. The van der Waals surface area contributed by atoms with Crippen molar-refractivity contribution in [2.75, 3.05) is 0 Å². The number of halogens is 1. The van der Waals surface area contributed by atoms with E-state index in [4.69, 9.17) is 0 Å². The van der Waals surface area contributed by atoms with Crippen molar-refractivity contribution >= 4 is 33.3 Å². The summed E-state index contributed by atoms with van der Waals surface area (Å²) in [4.78, 5) is 13.0. The van der Waals surface area contributed by atoms with Gasteiger partial charge in [-0.15, -0.1) is 11.3 Å². The minimum absolute atomic E-state index is 0.0323. The third kappa shape index (κ3) is 5.53. The van der Waals surface area contributed by atoms with Crippen LogP contribution in [0.3, 0.4) is 0 Å². The van der Waals surface area contributed by atoms with Gasteiger partial charge in [-0.05, 0) is 34.8 Å². The summed E-state index contributed by atoms with van der Waals surface area (Å²) in [5.74, 6) is 0. The first-order chi connectivity index (χ1) is 9.24. The number of carbonyl (C=O) groups is 1. The molecule has 1 fully saturated rings. The molecule has 0 atom stereocenters. The van der Waals surface area contributed by atoms with Crippen LogP contribution < -0.4 is 10.6 Å². The Morgan fingerprint density at radius 1 is 1.26 bits per heavy atom. The topological polar surface area (TPSA) is 41.1 Å². The first-order valence-electron chi connectivity index (χ1n) is 7.01. The molecule has 2 amide bonds. The average molecular weight is 345 g/mol. The van der Waals surface area contributed by atoms with Crippen molar-refractivity contribution in [1.82, 2.24) is 10.6 Å². The van der Waals surface area contributed by atoms with Gasteiger partial charge in [0.15, 0.2) is 0 Å². The molecule has 0 aliphatic heterocycles. The standard InChI is InChI=1S/C14H21BrN2OS/c15-11-8-13(19-10-11)9-16-14(18)17-12-6-4-2-1-3-5-7-12/h8,10,12H,1-7,9H2,(H2,16,17,18). The molecular weight excluding hydrogens is 324 g/mol. The minimum atomic E-state index is -0.0323. The molecular formula is C14H21BrN2OS. The molecule has 1 aromatic heterocycles. The van der Waals surface area contributed by atoms with Gasteiger partial charge in [0.1, 0.15) is 0 Å². The number of amides is 2. The maximum absolute atomic E-state index is 11.9. The second kappa shape index (κ2) is 7.90. The average Bonchev–Trinajstić information content (AvgIpc) is 2.76. The Morgan fingerprint density at radius 2 is 1.95 bits per heavy atom. The molecule has 0 saturated heterocycles. The molecule has 0 spiro atoms. The SMILES string of the molecule is O=C(NCc1cc(Br)cs1)NC1CCCCCCC1. The maximum Gasteiger partial charge on any atom is 0.315 e. The van der Waals surface area contributed by atoms with Gasteiger partial charge < -0.3 is 10.6 Å². The highest BCUT2D eigenvalue weighted by atomic mass is 79.9. The number of nitrogens with one attached hydrogen (secondary N) is 2. The van der Waals surface area contributed by atoms with Gasteiger partial charge in [-0.1, -0.05) is 32.1 Å². The monoisotopic (exact) mass is 344 g/mol. The fourth-order valence-electron chi connectivity index (χ4n) is 2.45. The van der Waals surface area contributed by atoms with E-state index in [0.29, 0.717) is 12.6 Å². The third-order valence-electron chi connectivity index (χ3n) is 3.49. The summed E-state index contributed by atoms with van der Waals surface area (Å²) in [6.45, 7) is 0.606. The summed E-state index contributed by atoms with van der Waals surface area (Å²) in [5.41, 5.74) is 0. The van der Waals surface area contributed by atoms with Crippen LogP contribution in [0.15, 0.2) is 15.9 Å². The van der Waals surface area contributed by atoms with Crippen LogP contribution in [0.5, 0.6) is 0 Å². The van der Waals surface area contributed by atoms with E-state index < -0.39 is 0 Å². The van der Waals surface area contributed by atoms with E-state index in [1.165, 1.54) is 37.0 Å². The second-order valence-electron chi connectivity index (χ2n) is 5.10. The highest BCUT2D eigenvalue weighted by Gasteiger charge is 2.13. The number of urea groups is 1. The fraction of sp³-hybridized carbons (Fsp3) is 0.643. The van der Waals surface area contributed by atoms with Crippen molar-refractivity contribution in [3.8, 4) is 0 Å². The predicted octanol–water partition coefficient (Wildman–Crippen LogP) is 4.42. The molecule has 0 unspecified atom stereocenters. The van der Waals surface area contributed by atoms with Crippen LogP contribution in [0.25, 0.3) is 0 Å². The van der Waals surface area contributed by atoms with Gasteiger partial charge in [0.05, 0.1) is 6.54 Å². The first-order valence-corrected chi connectivity index (χ1v) is 8.68. The van der Waals surface area contributed by atoms with Gasteiger partial charge in [0, 0.05) is 20.8 Å². The molecule has 5 heteroatoms. The quantitative estimate of drug-likeness (QED) is 0.836. The van der Waals surface area contributed by atoms with Gasteiger partial charge in [0.25, 0.3) is 0 Å². The van der Waals surface area contributed by atoms with Gasteiger partial charge in [-0.25, -0.2) is 4.79 Å². The van der Waals surface area contributed by atoms with Gasteiger partial charge in [0.2, 0.25) is 0 Å². The Hall–Kier alpha value is -0.550. The van der Waals surface area contributed by atoms with Gasteiger partial charge >= 0.3 is 6.03 Å². The van der Waals surface area contributed by atoms with Crippen molar-refractivity contribution in [3.63, 3.8) is 0 Å². The zero-order chi connectivity index (χ0) is 13.5. The zero-order valence-corrected chi connectivity index (χ0v) is 13.5. The Kier molecular flexibility index (Phi) is 6.17. The summed E-state index contributed by atoms with van der Waals surface area (Å²) in [5, 5.41) is 8.07. The van der Waals surface area contributed by atoms with E-state index in [9.17, 15) is 4.79 Å². The second-order valence-corrected chi connectivity index (χ2v) is 7.01. The number of thiophene rings is 1. The van der Waals surface area contributed by atoms with E-state index in [0.717, 1.165) is 17.3 Å². The Labute approximate surface area is 127 Å². The van der Waals surface area contributed by atoms with Crippen LogP contribution in [0.1, 0.15) is 49.8 Å². The van der Waals surface area contributed by atoms with Gasteiger partial charge in [-0.3, -0.25) is 0 Å². The van der Waals surface area contributed by atoms with Crippen molar-refractivity contribution in [1.29, 1.82) is 0 Å². The Bertz CT molecular complexity index is 400. The van der Waals surface area contributed by atoms with Crippen LogP contribution in [0.4, 0.5) is 4.79 Å². The molecule has 3 nitrogen and oxygen atoms in total. The van der Waals surface area contributed by atoms with Crippen LogP contribution >= 0.6 is 27.3 Å². The normalized spacial score (nSPS) is 17.5. The van der Waals surface area contributed by atoms with Crippen molar-refractivity contribution < 1.29 is 4.79 Å². The molecule has 2 N–H and O–H groups in total. The minimum Gasteiger partial charge on any atom is -0.335 e. The molecule has 1 aromatic rings. The summed E-state index contributed by atoms with van der Waals surface area (Å²) in [7, 11) is 0. The molecule has 0 aromatic carbocycles. The predicted molar refractivity (Wildman–Crippen MR) is 83.5 cm³/mol. The van der Waals surface area contributed by atoms with E-state index in [1.54, 1.807) is 11.3 Å². The van der Waals surface area contributed by atoms with Crippen LogP contribution in [0.2, 0.25) is 0 Å². The molecule has 1 heterocycles. The number of carbonyl (C=O) groups excluding carboxylic acids is 1. The molecule has 1 aliphatic carbocycles. The summed E-state index contributed by atoms with van der Waals surface area (Å²) >= 11 is 5.07. The lowest BCUT2D eigenvalue weighted by atomic mass is 9.97. The summed E-state index contributed by atoms with van der Waals surface area (Å²) < 4.78 is 1.08. The van der Waals surface area contributed by atoms with E-state index >= 15 is 0 Å². The van der Waals surface area contributed by atoms with Crippen LogP contribution in [-0.2, 0) is 6.54 Å². The van der Waals surface area contributed by atoms with Crippen molar-refractivity contribution in [2.45, 2.75) is 57.5 Å². The zero-order valence-electron chi connectivity index (χ0n) is 11.1. The number of rotatable bonds is 3. The lowest BCUT2D eigenvalue weighted by molar-refractivity contribution is 0.233. The van der Waals surface area contributed by atoms with E-state index in [1.807, 2.05) is 11.4 Å². The van der Waals surface area contributed by atoms with Crippen LogP contribution in [0, 0.1) is 0 Å². The lowest BCUT2D eigenvalue weighted by Crippen LogP contribution is -2.41. The Morgan fingerprint density at radius 3 is 2.58 bits per heavy atom. The highest BCUT2D eigenvalue weighted by molar-refractivity contribution is 9.10. The fourth-order valence-corrected chi connectivity index (χ4v) is 3.84. The first kappa shape index (κ1) is 14.9.